The summed E-state index contributed by atoms with van der Waals surface area (Å²) in [4.78, 5) is 20.6. The Labute approximate surface area is 189 Å². The van der Waals surface area contributed by atoms with E-state index in [9.17, 15) is 19.8 Å². The van der Waals surface area contributed by atoms with E-state index in [2.05, 4.69) is 63.7 Å². The van der Waals surface area contributed by atoms with Crippen molar-refractivity contribution in [3.05, 3.63) is 53.3 Å². The van der Waals surface area contributed by atoms with Crippen LogP contribution in [0.1, 0.15) is 20.7 Å². The van der Waals surface area contributed by atoms with Crippen LogP contribution in [0.2, 0.25) is 0 Å². The third kappa shape index (κ3) is 8.86. The molecule has 0 bridgehead atoms. The zero-order valence-electron chi connectivity index (χ0n) is 12.5. The van der Waals surface area contributed by atoms with E-state index in [1.165, 1.54) is 12.1 Å². The summed E-state index contributed by atoms with van der Waals surface area (Å²) in [5.74, 6) is -0.550. The van der Waals surface area contributed by atoms with Gasteiger partial charge in [0.1, 0.15) is 12.6 Å². The fourth-order valence-electron chi connectivity index (χ4n) is 1.34. The number of hydrogen-bond acceptors (Lipinski definition) is 4. The molecule has 0 saturated heterocycles. The van der Waals surface area contributed by atoms with Crippen LogP contribution < -0.4 is 10.2 Å². The molecule has 0 heterocycles. The van der Waals surface area contributed by atoms with Crippen molar-refractivity contribution in [2.24, 2.45) is 0 Å². The molecule has 2 rings (SSSR count). The second-order valence-corrected chi connectivity index (χ2v) is 7.39. The van der Waals surface area contributed by atoms with Crippen LogP contribution in [-0.2, 0) is 30.4 Å². The predicted octanol–water partition coefficient (Wildman–Crippen LogP) is 2.35. The maximum Gasteiger partial charge on any atom is 2.00 e. The Kier molecular flexibility index (Phi) is 16.5. The molecule has 0 aromatic heterocycles. The fraction of sp³-hybridized carbons (Fsp3) is 0. The zero-order chi connectivity index (χ0) is 16.9. The van der Waals surface area contributed by atoms with Crippen LogP contribution in [0.15, 0.2) is 42.2 Å². The quantitative estimate of drug-likeness (QED) is 0.276. The topological polar surface area (TPSA) is 146 Å². The average Bonchev–Trinajstić information content (AvgIpc) is 2.47. The summed E-state index contributed by atoms with van der Waals surface area (Å²) in [7, 11) is 0. The molecule has 6 nitrogen and oxygen atoms in total. The van der Waals surface area contributed by atoms with E-state index in [0.717, 1.165) is 0 Å². The summed E-state index contributed by atoms with van der Waals surface area (Å²) in [6.45, 7) is 0. The van der Waals surface area contributed by atoms with Crippen molar-refractivity contribution in [3.63, 3.8) is 0 Å². The van der Waals surface area contributed by atoms with Gasteiger partial charge in [-0.2, -0.15) is 0 Å². The van der Waals surface area contributed by atoms with Crippen molar-refractivity contribution in [3.8, 4) is 11.5 Å². The van der Waals surface area contributed by atoms with Gasteiger partial charge in [0.05, 0.1) is 0 Å². The molecule has 11 heteroatoms. The van der Waals surface area contributed by atoms with Crippen LogP contribution in [0, 0.1) is 0 Å². The maximum absolute atomic E-state index is 11.1. The number of carbonyl (C=O) groups excluding carboxylic acids is 2. The normalized spacial score (nSPS) is 8.48. The molecular weight excluding hydrogens is 649 g/mol. The smallest absolute Gasteiger partial charge is 0.871 e. The minimum atomic E-state index is -0.275. The minimum absolute atomic E-state index is 0. The summed E-state index contributed by atoms with van der Waals surface area (Å²) in [5, 5.41) is 22.1. The SMILES string of the molecule is O=Cc1cc(Br)cc(Br)c1[O-].O=Cc1cc(Br)cc(Br)c1[O-].[OH3+].[OH3+].[Zn+2]. The minimum Gasteiger partial charge on any atom is -0.871 e. The molecule has 0 spiro atoms. The van der Waals surface area contributed by atoms with Crippen molar-refractivity contribution in [2.45, 2.75) is 0 Å². The van der Waals surface area contributed by atoms with Crippen LogP contribution in [-0.4, -0.2) is 12.6 Å². The summed E-state index contributed by atoms with van der Waals surface area (Å²) in [5.41, 5.74) is 0.317. The Hall–Kier alpha value is -0.157. The monoisotopic (exact) mass is 656 g/mol. The van der Waals surface area contributed by atoms with E-state index in [-0.39, 0.29) is 53.1 Å². The molecule has 0 atom stereocenters. The van der Waals surface area contributed by atoms with Gasteiger partial charge in [0.25, 0.3) is 0 Å². The van der Waals surface area contributed by atoms with Gasteiger partial charge in [-0.05, 0) is 24.3 Å². The fourth-order valence-corrected chi connectivity index (χ4v) is 3.85. The summed E-state index contributed by atoms with van der Waals surface area (Å²) in [6, 6.07) is 6.19. The maximum atomic E-state index is 11.1. The number of rotatable bonds is 2. The van der Waals surface area contributed by atoms with Gasteiger partial charge < -0.3 is 21.2 Å². The number of carbonyl (C=O) groups is 2. The van der Waals surface area contributed by atoms with Crippen molar-refractivity contribution in [1.82, 2.24) is 0 Å². The van der Waals surface area contributed by atoms with Crippen molar-refractivity contribution >= 4 is 76.3 Å². The van der Waals surface area contributed by atoms with Crippen LogP contribution in [0.3, 0.4) is 0 Å². The molecule has 0 saturated carbocycles. The van der Waals surface area contributed by atoms with Crippen molar-refractivity contribution in [2.75, 3.05) is 0 Å². The second-order valence-electron chi connectivity index (χ2n) is 3.85. The Bertz CT molecular complexity index is 665. The van der Waals surface area contributed by atoms with Crippen LogP contribution in [0.4, 0.5) is 0 Å². The van der Waals surface area contributed by atoms with Gasteiger partial charge >= 0.3 is 19.5 Å². The molecule has 0 aliphatic rings. The van der Waals surface area contributed by atoms with Crippen LogP contribution >= 0.6 is 63.7 Å². The van der Waals surface area contributed by atoms with Gasteiger partial charge in [-0.25, -0.2) is 0 Å². The van der Waals surface area contributed by atoms with Gasteiger partial charge in [0.15, 0.2) is 0 Å². The van der Waals surface area contributed by atoms with Gasteiger partial charge in [0.2, 0.25) is 0 Å². The number of aldehydes is 2. The summed E-state index contributed by atoms with van der Waals surface area (Å²) < 4.78 is 2.22. The standard InChI is InChI=1S/2C7H4Br2O2.2H2O.Zn/c2*8-5-1-4(3-10)7(11)6(9)2-5;;;/h2*1-3,11H;2*1H2;/q;;;;+2. The third-order valence-corrected chi connectivity index (χ3v) is 4.42. The van der Waals surface area contributed by atoms with Crippen molar-refractivity contribution in [1.29, 1.82) is 0 Å². The van der Waals surface area contributed by atoms with Crippen molar-refractivity contribution < 1.29 is 50.2 Å². The molecule has 25 heavy (non-hydrogen) atoms. The molecule has 0 aliphatic heterocycles. The van der Waals surface area contributed by atoms with Gasteiger partial charge in [-0.3, -0.25) is 9.59 Å². The Balaban J connectivity index is -0.000000346. The predicted molar refractivity (Wildman–Crippen MR) is 103 cm³/mol. The molecule has 2 aromatic rings. The largest absolute Gasteiger partial charge is 2.00 e. The van der Waals surface area contributed by atoms with E-state index in [0.29, 0.717) is 30.5 Å². The first-order valence-electron chi connectivity index (χ1n) is 5.52. The first kappa shape index (κ1) is 29.6. The van der Waals surface area contributed by atoms with Gasteiger partial charge in [-0.1, -0.05) is 75.2 Å². The molecule has 6 N–H and O–H groups in total. The van der Waals surface area contributed by atoms with Crippen LogP contribution in [0.25, 0.3) is 0 Å². The van der Waals surface area contributed by atoms with Gasteiger partial charge in [-0.15, -0.1) is 0 Å². The summed E-state index contributed by atoms with van der Waals surface area (Å²) in [6.07, 6.45) is 1.08. The van der Waals surface area contributed by atoms with E-state index < -0.39 is 0 Å². The van der Waals surface area contributed by atoms with Crippen LogP contribution in [0.5, 0.6) is 11.5 Å². The van der Waals surface area contributed by atoms with E-state index in [1.807, 2.05) is 0 Å². The Morgan fingerprint density at radius 2 is 0.960 bits per heavy atom. The molecule has 0 amide bonds. The van der Waals surface area contributed by atoms with Gasteiger partial charge in [0, 0.05) is 29.0 Å². The van der Waals surface area contributed by atoms with E-state index in [1.54, 1.807) is 12.1 Å². The zero-order valence-corrected chi connectivity index (χ0v) is 21.8. The number of halogens is 4. The molecule has 0 aliphatic carbocycles. The number of benzene rings is 2. The Morgan fingerprint density at radius 1 is 0.680 bits per heavy atom. The molecule has 0 radical (unpaired) electrons. The molecule has 2 aromatic carbocycles. The molecule has 132 valence electrons. The molecular formula is C14H12Br4O6Zn+2. The average molecular weight is 661 g/mol. The Morgan fingerprint density at radius 3 is 1.20 bits per heavy atom. The third-order valence-electron chi connectivity index (χ3n) is 2.33. The summed E-state index contributed by atoms with van der Waals surface area (Å²) >= 11 is 12.4. The van der Waals surface area contributed by atoms with E-state index >= 15 is 0 Å². The second kappa shape index (κ2) is 14.0. The first-order chi connectivity index (χ1) is 10.3. The van der Waals surface area contributed by atoms with E-state index in [4.69, 9.17) is 0 Å². The molecule has 0 unspecified atom stereocenters. The first-order valence-corrected chi connectivity index (χ1v) is 8.69. The number of hydrogen-bond donors (Lipinski definition) is 0. The molecule has 0 fully saturated rings.